The number of carboxylic acids is 1. The van der Waals surface area contributed by atoms with Gasteiger partial charge in [-0.15, -0.1) is 0 Å². The number of ether oxygens (including phenoxy) is 2. The van der Waals surface area contributed by atoms with E-state index < -0.39 is 17.9 Å². The van der Waals surface area contributed by atoms with Crippen molar-refractivity contribution in [1.82, 2.24) is 0 Å². The second-order valence-corrected chi connectivity index (χ2v) is 8.89. The van der Waals surface area contributed by atoms with Gasteiger partial charge in [0.15, 0.2) is 0 Å². The Kier molecular flexibility index (Phi) is 8.89. The highest BCUT2D eigenvalue weighted by Crippen LogP contribution is 2.33. The van der Waals surface area contributed by atoms with Crippen molar-refractivity contribution in [1.29, 1.82) is 0 Å². The first-order chi connectivity index (χ1) is 16.7. The third-order valence-electron chi connectivity index (χ3n) is 6.61. The summed E-state index contributed by atoms with van der Waals surface area (Å²) in [6.45, 7) is 0.663. The van der Waals surface area contributed by atoms with Gasteiger partial charge in [-0.05, 0) is 68.6 Å². The molecule has 10 nitrogen and oxygen atoms in total. The van der Waals surface area contributed by atoms with Gasteiger partial charge < -0.3 is 24.8 Å². The summed E-state index contributed by atoms with van der Waals surface area (Å²) in [4.78, 5) is 54.4. The van der Waals surface area contributed by atoms with E-state index in [2.05, 4.69) is 9.47 Å². The molecular formula is C25H28O10. The van der Waals surface area contributed by atoms with Crippen molar-refractivity contribution in [2.45, 2.75) is 38.5 Å². The first-order valence-corrected chi connectivity index (χ1v) is 11.5. The van der Waals surface area contributed by atoms with Crippen LogP contribution in [0, 0.1) is 23.7 Å². The minimum atomic E-state index is -1.15. The Morgan fingerprint density at radius 2 is 1.26 bits per heavy atom. The van der Waals surface area contributed by atoms with Crippen molar-refractivity contribution in [3.8, 4) is 0 Å². The first-order valence-electron chi connectivity index (χ1n) is 11.5. The lowest BCUT2D eigenvalue weighted by Crippen LogP contribution is -2.19. The minimum absolute atomic E-state index is 0.00917. The van der Waals surface area contributed by atoms with Crippen molar-refractivity contribution >= 4 is 29.8 Å². The van der Waals surface area contributed by atoms with Crippen molar-refractivity contribution in [3.63, 3.8) is 0 Å². The average Bonchev–Trinajstić information content (AvgIpc) is 3.33. The summed E-state index contributed by atoms with van der Waals surface area (Å²) in [5.74, 6) is -2.71. The summed E-state index contributed by atoms with van der Waals surface area (Å²) in [6.07, 6.45) is 9.58. The van der Waals surface area contributed by atoms with E-state index in [9.17, 15) is 24.0 Å². The Morgan fingerprint density at radius 3 is 1.71 bits per heavy atom. The van der Waals surface area contributed by atoms with Gasteiger partial charge in [-0.25, -0.2) is 14.4 Å². The molecule has 0 amide bonds. The van der Waals surface area contributed by atoms with Gasteiger partial charge in [0.2, 0.25) is 0 Å². The fourth-order valence-electron chi connectivity index (χ4n) is 4.40. The number of cyclic esters (lactones) is 4. The second-order valence-electron chi connectivity index (χ2n) is 8.89. The maximum absolute atomic E-state index is 11.0. The quantitative estimate of drug-likeness (QED) is 0.326. The van der Waals surface area contributed by atoms with Crippen molar-refractivity contribution in [2.75, 3.05) is 13.2 Å². The van der Waals surface area contributed by atoms with Crippen LogP contribution in [-0.2, 0) is 19.1 Å². The molecule has 5 rings (SSSR count). The Labute approximate surface area is 201 Å². The van der Waals surface area contributed by atoms with E-state index in [0.717, 1.165) is 31.7 Å². The number of aliphatic hydroxyl groups is 2. The number of benzene rings is 1. The Morgan fingerprint density at radius 1 is 0.771 bits per heavy atom. The van der Waals surface area contributed by atoms with E-state index in [1.807, 2.05) is 12.2 Å². The van der Waals surface area contributed by atoms with Crippen LogP contribution in [0.3, 0.4) is 0 Å². The van der Waals surface area contributed by atoms with Gasteiger partial charge in [0.25, 0.3) is 0 Å². The molecule has 35 heavy (non-hydrogen) atoms. The van der Waals surface area contributed by atoms with E-state index in [0.29, 0.717) is 37.9 Å². The van der Waals surface area contributed by atoms with Crippen molar-refractivity contribution in [3.05, 3.63) is 47.0 Å². The minimum Gasteiger partial charge on any atom is -0.478 e. The molecule has 1 aromatic carbocycles. The van der Waals surface area contributed by atoms with Gasteiger partial charge >= 0.3 is 29.8 Å². The highest BCUT2D eigenvalue weighted by molar-refractivity contribution is 6.15. The Balaban J connectivity index is 0.000000149. The van der Waals surface area contributed by atoms with Crippen LogP contribution < -0.4 is 0 Å². The molecule has 2 atom stereocenters. The van der Waals surface area contributed by atoms with E-state index in [4.69, 9.17) is 15.3 Å². The van der Waals surface area contributed by atoms with Gasteiger partial charge in [0, 0.05) is 13.2 Å². The predicted octanol–water partition coefficient (Wildman–Crippen LogP) is 2.12. The molecule has 2 aliphatic heterocycles. The Hall–Kier alpha value is -3.37. The molecule has 1 saturated carbocycles. The van der Waals surface area contributed by atoms with Gasteiger partial charge in [-0.3, -0.25) is 9.59 Å². The molecule has 0 spiro atoms. The molecule has 0 bridgehead atoms. The van der Waals surface area contributed by atoms with Crippen LogP contribution in [0.2, 0.25) is 0 Å². The summed E-state index contributed by atoms with van der Waals surface area (Å²) in [5, 5.41) is 26.2. The number of allylic oxidation sites excluding steroid dienone is 2. The van der Waals surface area contributed by atoms with Crippen LogP contribution in [0.4, 0.5) is 0 Å². The zero-order chi connectivity index (χ0) is 25.5. The standard InChI is InChI=1S/C9H4O5.C8H8O3.C8H16O2/c10-7(11)4-1-2-5-6(3-4)9(13)14-8(5)12;9-7-5-3-1-2-4-6(5)8(10)11-7;9-5-7-1-2-8(6-10)4-3-7/h1-3H,(H,10,11);1-2,5-6H,3-4H2;7-10H,1-6H2. The lowest BCUT2D eigenvalue weighted by atomic mass is 9.83. The van der Waals surface area contributed by atoms with Crippen LogP contribution in [-0.4, -0.2) is 58.4 Å². The molecule has 2 heterocycles. The lowest BCUT2D eigenvalue weighted by molar-refractivity contribution is -0.153. The molecular weight excluding hydrogens is 460 g/mol. The molecule has 2 unspecified atom stereocenters. The number of carboxylic acid groups (broad SMARTS) is 1. The second kappa shape index (κ2) is 11.9. The van der Waals surface area contributed by atoms with E-state index in [-0.39, 0.29) is 40.5 Å². The third-order valence-corrected chi connectivity index (χ3v) is 6.61. The predicted molar refractivity (Wildman–Crippen MR) is 119 cm³/mol. The molecule has 0 radical (unpaired) electrons. The van der Waals surface area contributed by atoms with Crippen molar-refractivity contribution in [2.24, 2.45) is 23.7 Å². The van der Waals surface area contributed by atoms with E-state index >= 15 is 0 Å². The molecule has 3 N–H and O–H groups in total. The first kappa shape index (κ1) is 26.2. The van der Waals surface area contributed by atoms with Crippen LogP contribution in [0.25, 0.3) is 0 Å². The molecule has 1 saturated heterocycles. The van der Waals surface area contributed by atoms with E-state index in [1.54, 1.807) is 0 Å². The largest absolute Gasteiger partial charge is 0.478 e. The fourth-order valence-corrected chi connectivity index (χ4v) is 4.40. The smallest absolute Gasteiger partial charge is 0.346 e. The summed E-state index contributed by atoms with van der Waals surface area (Å²) >= 11 is 0. The average molecular weight is 488 g/mol. The number of aromatic carboxylic acids is 1. The molecule has 188 valence electrons. The van der Waals surface area contributed by atoms with Gasteiger partial charge in [0.1, 0.15) is 0 Å². The van der Waals surface area contributed by atoms with Crippen molar-refractivity contribution < 1.29 is 48.8 Å². The number of esters is 4. The number of fused-ring (bicyclic) bond motifs is 2. The van der Waals surface area contributed by atoms with Crippen LogP contribution in [0.15, 0.2) is 30.4 Å². The monoisotopic (exact) mass is 488 g/mol. The summed E-state index contributed by atoms with van der Waals surface area (Å²) < 4.78 is 8.79. The highest BCUT2D eigenvalue weighted by Gasteiger charge is 2.43. The zero-order valence-corrected chi connectivity index (χ0v) is 19.1. The SMILES string of the molecule is O=C(O)c1ccc2c(c1)C(=O)OC2=O.O=C1OC(=O)C2CC=CCC12.OCC1CCC(CO)CC1. The topological polar surface area (TPSA) is 164 Å². The number of carbonyl (C=O) groups is 5. The number of rotatable bonds is 3. The van der Waals surface area contributed by atoms with Gasteiger partial charge in [-0.1, -0.05) is 12.2 Å². The van der Waals surface area contributed by atoms with Gasteiger partial charge in [0.05, 0.1) is 28.5 Å². The molecule has 2 aliphatic carbocycles. The highest BCUT2D eigenvalue weighted by atomic mass is 16.6. The van der Waals surface area contributed by atoms with Crippen LogP contribution >= 0.6 is 0 Å². The molecule has 4 aliphatic rings. The lowest BCUT2D eigenvalue weighted by Gasteiger charge is -2.25. The number of hydrogen-bond donors (Lipinski definition) is 3. The van der Waals surface area contributed by atoms with E-state index in [1.165, 1.54) is 12.1 Å². The zero-order valence-electron chi connectivity index (χ0n) is 19.1. The molecule has 0 aromatic heterocycles. The summed E-state index contributed by atoms with van der Waals surface area (Å²) in [5.41, 5.74) is 0.0744. The summed E-state index contributed by atoms with van der Waals surface area (Å²) in [7, 11) is 0. The number of aliphatic hydroxyl groups excluding tert-OH is 2. The number of hydrogen-bond acceptors (Lipinski definition) is 9. The number of carbonyl (C=O) groups excluding carboxylic acids is 4. The maximum atomic E-state index is 11.0. The van der Waals surface area contributed by atoms with Gasteiger partial charge in [-0.2, -0.15) is 0 Å². The summed E-state index contributed by atoms with van der Waals surface area (Å²) in [6, 6.07) is 3.65. The van der Waals surface area contributed by atoms with Crippen LogP contribution in [0.1, 0.15) is 69.6 Å². The van der Waals surface area contributed by atoms with Crippen LogP contribution in [0.5, 0.6) is 0 Å². The molecule has 1 aromatic rings. The Bertz CT molecular complexity index is 983. The fraction of sp³-hybridized carbons (Fsp3) is 0.480. The maximum Gasteiger partial charge on any atom is 0.346 e. The normalized spacial score (nSPS) is 26.3. The third kappa shape index (κ3) is 6.40. The molecule has 2 fully saturated rings. The molecule has 10 heteroatoms.